The van der Waals surface area contributed by atoms with Crippen molar-refractivity contribution in [2.75, 3.05) is 33.2 Å². The second-order valence-electron chi connectivity index (χ2n) is 11.0. The minimum atomic E-state index is -0.284. The Morgan fingerprint density at radius 2 is 1.95 bits per heavy atom. The lowest BCUT2D eigenvalue weighted by Gasteiger charge is -2.20. The zero-order valence-electron chi connectivity index (χ0n) is 21.2. The fourth-order valence-corrected chi connectivity index (χ4v) is 6.59. The van der Waals surface area contributed by atoms with Gasteiger partial charge in [0.1, 0.15) is 12.0 Å². The van der Waals surface area contributed by atoms with Crippen molar-refractivity contribution >= 4 is 40.3 Å². The summed E-state index contributed by atoms with van der Waals surface area (Å²) in [5.74, 6) is -0.407. The largest absolute Gasteiger partial charge is 0.351 e. The first-order chi connectivity index (χ1) is 17.8. The Hall–Kier alpha value is -3.08. The number of aromatic nitrogens is 2. The number of nitrogens with zero attached hydrogens (tertiary/aromatic N) is 3. The van der Waals surface area contributed by atoms with E-state index in [0.717, 1.165) is 65.7 Å². The molecule has 1 saturated heterocycles. The Morgan fingerprint density at radius 1 is 1.19 bits per heavy atom. The number of H-pyrrole nitrogens is 1. The number of hydrogen-bond acceptors (Lipinski definition) is 7. The Kier molecular flexibility index (Phi) is 6.13. The molecule has 3 N–H and O–H groups in total. The SMILES string of the molecule is Cc1ccc2[nH]c(C(=O)N[C@@H]3CN(CC4(C=O)CC4)C[C@H]3NC(=O)c3nc4c(s3)CN(C)CC4)cc2c1. The molecule has 1 saturated carbocycles. The normalized spacial score (nSPS) is 23.1. The average molecular weight is 521 g/mol. The molecule has 3 aromatic rings. The Balaban J connectivity index is 1.19. The number of amides is 2. The quantitative estimate of drug-likeness (QED) is 0.412. The minimum Gasteiger partial charge on any atom is -0.351 e. The minimum absolute atomic E-state index is 0.203. The molecular weight excluding hydrogens is 488 g/mol. The molecule has 4 heterocycles. The third-order valence-electron chi connectivity index (χ3n) is 7.85. The third kappa shape index (κ3) is 4.93. The maximum atomic E-state index is 13.2. The van der Waals surface area contributed by atoms with Gasteiger partial charge in [-0.15, -0.1) is 11.3 Å². The highest BCUT2D eigenvalue weighted by Gasteiger charge is 2.46. The molecule has 9 nitrogen and oxygen atoms in total. The molecule has 10 heteroatoms. The van der Waals surface area contributed by atoms with Crippen molar-refractivity contribution in [3.63, 3.8) is 0 Å². The molecule has 2 aliphatic heterocycles. The van der Waals surface area contributed by atoms with E-state index in [-0.39, 0.29) is 29.3 Å². The summed E-state index contributed by atoms with van der Waals surface area (Å²) in [5.41, 5.74) is 3.28. The van der Waals surface area contributed by atoms with Gasteiger partial charge in [0.2, 0.25) is 0 Å². The smallest absolute Gasteiger partial charge is 0.280 e. The molecule has 6 rings (SSSR count). The molecule has 2 amide bonds. The fraction of sp³-hybridized carbons (Fsp3) is 0.481. The molecule has 2 fully saturated rings. The number of hydrogen-bond donors (Lipinski definition) is 3. The second kappa shape index (κ2) is 9.34. The van der Waals surface area contributed by atoms with E-state index in [9.17, 15) is 14.4 Å². The summed E-state index contributed by atoms with van der Waals surface area (Å²) in [6.45, 7) is 5.58. The lowest BCUT2D eigenvalue weighted by molar-refractivity contribution is -0.112. The predicted molar refractivity (Wildman–Crippen MR) is 142 cm³/mol. The number of carbonyl (C=O) groups is 3. The van der Waals surface area contributed by atoms with Gasteiger partial charge in [0.25, 0.3) is 11.8 Å². The average Bonchev–Trinajstić information content (AvgIpc) is 3.17. The van der Waals surface area contributed by atoms with Gasteiger partial charge in [-0.3, -0.25) is 14.5 Å². The van der Waals surface area contributed by atoms with Crippen molar-refractivity contribution in [2.24, 2.45) is 5.41 Å². The molecule has 0 radical (unpaired) electrons. The first-order valence-electron chi connectivity index (χ1n) is 12.9. The van der Waals surface area contributed by atoms with Gasteiger partial charge in [0, 0.05) is 60.3 Å². The number of aromatic amines is 1. The zero-order valence-corrected chi connectivity index (χ0v) is 22.0. The van der Waals surface area contributed by atoms with Crippen molar-refractivity contribution in [2.45, 2.75) is 44.8 Å². The van der Waals surface area contributed by atoms with Crippen molar-refractivity contribution in [3.8, 4) is 0 Å². The molecule has 2 atom stereocenters. The highest BCUT2D eigenvalue weighted by molar-refractivity contribution is 7.13. The zero-order chi connectivity index (χ0) is 25.7. The van der Waals surface area contributed by atoms with Gasteiger partial charge >= 0.3 is 0 Å². The van der Waals surface area contributed by atoms with E-state index in [1.165, 1.54) is 11.3 Å². The van der Waals surface area contributed by atoms with Gasteiger partial charge in [-0.05, 0) is 45.0 Å². The summed E-state index contributed by atoms with van der Waals surface area (Å²) in [6.07, 6.45) is 3.71. The Labute approximate surface area is 219 Å². The number of fused-ring (bicyclic) bond motifs is 2. The van der Waals surface area contributed by atoms with Gasteiger partial charge in [0.05, 0.1) is 17.8 Å². The number of benzene rings is 1. The van der Waals surface area contributed by atoms with Crippen LogP contribution in [-0.2, 0) is 17.8 Å². The maximum Gasteiger partial charge on any atom is 0.280 e. The number of thiazole rings is 1. The molecule has 37 heavy (non-hydrogen) atoms. The van der Waals surface area contributed by atoms with Crippen LogP contribution in [0.5, 0.6) is 0 Å². The molecule has 1 aliphatic carbocycles. The number of rotatable bonds is 7. The van der Waals surface area contributed by atoms with E-state index < -0.39 is 0 Å². The number of nitrogens with one attached hydrogen (secondary N) is 3. The van der Waals surface area contributed by atoms with Gasteiger partial charge in [0.15, 0.2) is 5.01 Å². The van der Waals surface area contributed by atoms with Gasteiger partial charge < -0.3 is 25.3 Å². The molecule has 0 bridgehead atoms. The van der Waals surface area contributed by atoms with Crippen LogP contribution in [-0.4, -0.2) is 83.2 Å². The molecule has 0 spiro atoms. The lowest BCUT2D eigenvalue weighted by Crippen LogP contribution is -2.51. The summed E-state index contributed by atoms with van der Waals surface area (Å²) in [7, 11) is 2.07. The Bertz CT molecular complexity index is 1380. The van der Waals surface area contributed by atoms with E-state index >= 15 is 0 Å². The fourth-order valence-electron chi connectivity index (χ4n) is 5.50. The number of aldehydes is 1. The number of aryl methyl sites for hydroxylation is 1. The standard InChI is InChI=1S/C27H32N6O3S/c1-16-3-4-18-17(9-16)10-20(28-18)24(35)29-21-11-33(14-27(15-34)6-7-27)12-22(21)30-25(36)26-31-19-5-8-32(2)13-23(19)37-26/h3-4,9-10,15,21-22,28H,5-8,11-14H2,1-2H3,(H,29,35)(H,30,36)/t21-,22-/m1/s1. The van der Waals surface area contributed by atoms with Crippen LogP contribution in [0.2, 0.25) is 0 Å². The molecular formula is C27H32N6O3S. The van der Waals surface area contributed by atoms with Gasteiger partial charge in [-0.1, -0.05) is 11.6 Å². The van der Waals surface area contributed by atoms with Crippen LogP contribution in [0.1, 0.15) is 49.3 Å². The number of likely N-dealkylation sites (N-methyl/N-ethyl adjacent to an activating group) is 1. The summed E-state index contributed by atoms with van der Waals surface area (Å²) >= 11 is 1.45. The van der Waals surface area contributed by atoms with E-state index in [1.54, 1.807) is 0 Å². The van der Waals surface area contributed by atoms with E-state index in [1.807, 2.05) is 31.2 Å². The number of likely N-dealkylation sites (tertiary alicyclic amines) is 1. The van der Waals surface area contributed by atoms with Crippen molar-refractivity contribution in [1.82, 2.24) is 30.4 Å². The second-order valence-corrected chi connectivity index (χ2v) is 12.1. The van der Waals surface area contributed by atoms with Crippen LogP contribution in [0.3, 0.4) is 0 Å². The van der Waals surface area contributed by atoms with Crippen molar-refractivity contribution < 1.29 is 14.4 Å². The van der Waals surface area contributed by atoms with Gasteiger partial charge in [-0.2, -0.15) is 0 Å². The van der Waals surface area contributed by atoms with Gasteiger partial charge in [-0.25, -0.2) is 4.98 Å². The summed E-state index contributed by atoms with van der Waals surface area (Å²) in [6, 6.07) is 7.32. The summed E-state index contributed by atoms with van der Waals surface area (Å²) in [5, 5.41) is 7.76. The maximum absolute atomic E-state index is 13.2. The summed E-state index contributed by atoms with van der Waals surface area (Å²) < 4.78 is 0. The summed E-state index contributed by atoms with van der Waals surface area (Å²) in [4.78, 5) is 51.5. The monoisotopic (exact) mass is 520 g/mol. The van der Waals surface area contributed by atoms with Crippen molar-refractivity contribution in [3.05, 3.63) is 51.1 Å². The number of carbonyl (C=O) groups excluding carboxylic acids is 3. The first kappa shape index (κ1) is 24.3. The van der Waals surface area contributed by atoms with E-state index in [2.05, 4.69) is 37.4 Å². The Morgan fingerprint density at radius 3 is 2.68 bits per heavy atom. The van der Waals surface area contributed by atoms with Crippen molar-refractivity contribution in [1.29, 1.82) is 0 Å². The molecule has 3 aliphatic rings. The molecule has 0 unspecified atom stereocenters. The van der Waals surface area contributed by atoms with Crippen LogP contribution < -0.4 is 10.6 Å². The highest BCUT2D eigenvalue weighted by atomic mass is 32.1. The first-order valence-corrected chi connectivity index (χ1v) is 13.7. The van der Waals surface area contributed by atoms with Crippen LogP contribution in [0.25, 0.3) is 10.9 Å². The predicted octanol–water partition coefficient (Wildman–Crippen LogP) is 2.11. The molecule has 1 aromatic carbocycles. The van der Waals surface area contributed by atoms with Crippen LogP contribution in [0.4, 0.5) is 0 Å². The van der Waals surface area contributed by atoms with Crippen LogP contribution in [0.15, 0.2) is 24.3 Å². The molecule has 194 valence electrons. The van der Waals surface area contributed by atoms with Crippen LogP contribution in [0, 0.1) is 12.3 Å². The third-order valence-corrected chi connectivity index (χ3v) is 8.93. The van der Waals surface area contributed by atoms with E-state index in [4.69, 9.17) is 0 Å². The lowest BCUT2D eigenvalue weighted by atomic mass is 10.1. The molecule has 2 aromatic heterocycles. The van der Waals surface area contributed by atoms with Crippen LogP contribution >= 0.6 is 11.3 Å². The van der Waals surface area contributed by atoms with E-state index in [0.29, 0.717) is 30.3 Å². The highest BCUT2D eigenvalue weighted by Crippen LogP contribution is 2.44. The topological polar surface area (TPSA) is 110 Å².